The molecule has 1 aliphatic rings. The molecule has 158 valence electrons. The van der Waals surface area contributed by atoms with Gasteiger partial charge >= 0.3 is 0 Å². The van der Waals surface area contributed by atoms with Gasteiger partial charge < -0.3 is 20.1 Å². The lowest BCUT2D eigenvalue weighted by molar-refractivity contribution is 0.226. The van der Waals surface area contributed by atoms with E-state index in [1.165, 1.54) is 63.5 Å². The second-order valence-corrected chi connectivity index (χ2v) is 6.14. The average molecular weight is 381 g/mol. The van der Waals surface area contributed by atoms with Crippen LogP contribution in [0.5, 0.6) is 11.5 Å². The van der Waals surface area contributed by atoms with Crippen LogP contribution in [0.25, 0.3) is 0 Å². The first-order chi connectivity index (χ1) is 13.2. The van der Waals surface area contributed by atoms with E-state index in [-0.39, 0.29) is 0 Å². The van der Waals surface area contributed by atoms with E-state index >= 15 is 0 Å². The van der Waals surface area contributed by atoms with Gasteiger partial charge in [0.25, 0.3) is 0 Å². The number of benzene rings is 1. The highest BCUT2D eigenvalue weighted by Crippen LogP contribution is 2.28. The van der Waals surface area contributed by atoms with Gasteiger partial charge in [-0.1, -0.05) is 53.2 Å². The van der Waals surface area contributed by atoms with Gasteiger partial charge in [0.2, 0.25) is 0 Å². The number of nitrogens with two attached hydrogens (primary N) is 1. The molecule has 0 spiro atoms. The second-order valence-electron chi connectivity index (χ2n) is 6.14. The van der Waals surface area contributed by atoms with Crippen LogP contribution in [0.3, 0.4) is 0 Å². The number of aryl methyl sites for hydroxylation is 1. The average Bonchev–Trinajstić information content (AvgIpc) is 2.71. The van der Waals surface area contributed by atoms with Crippen molar-refractivity contribution >= 4 is 0 Å². The van der Waals surface area contributed by atoms with Crippen molar-refractivity contribution in [2.45, 2.75) is 66.2 Å². The van der Waals surface area contributed by atoms with Crippen molar-refractivity contribution < 1.29 is 9.47 Å². The first-order valence-electron chi connectivity index (χ1n) is 10.4. The molecule has 0 unspecified atom stereocenters. The Morgan fingerprint density at radius 1 is 1.04 bits per heavy atom. The van der Waals surface area contributed by atoms with Gasteiger partial charge in [0.05, 0.1) is 14.2 Å². The Bertz CT molecular complexity index is 444. The van der Waals surface area contributed by atoms with Crippen LogP contribution in [0.4, 0.5) is 0 Å². The van der Waals surface area contributed by atoms with E-state index in [4.69, 9.17) is 9.47 Å². The summed E-state index contributed by atoms with van der Waals surface area (Å²) in [6.07, 6.45) is 8.98. The van der Waals surface area contributed by atoms with Gasteiger partial charge in [-0.25, -0.2) is 0 Å². The van der Waals surface area contributed by atoms with E-state index in [9.17, 15) is 0 Å². The number of likely N-dealkylation sites (tertiary alicyclic amines) is 1. The molecular formula is C23H44N2O2. The molecule has 2 N–H and O–H groups in total. The van der Waals surface area contributed by atoms with E-state index in [1.54, 1.807) is 14.2 Å². The maximum atomic E-state index is 5.34. The largest absolute Gasteiger partial charge is 0.493 e. The number of hydrogen-bond donors (Lipinski definition) is 1. The third kappa shape index (κ3) is 14.1. The van der Waals surface area contributed by atoms with Crippen molar-refractivity contribution in [3.8, 4) is 11.5 Å². The van der Waals surface area contributed by atoms with Crippen molar-refractivity contribution in [2.75, 3.05) is 33.9 Å². The summed E-state index contributed by atoms with van der Waals surface area (Å²) >= 11 is 0. The van der Waals surface area contributed by atoms with Gasteiger partial charge in [0.15, 0.2) is 11.5 Å². The van der Waals surface area contributed by atoms with Crippen LogP contribution in [0.15, 0.2) is 31.0 Å². The van der Waals surface area contributed by atoms with Crippen molar-refractivity contribution in [3.05, 3.63) is 36.5 Å². The molecule has 1 heterocycles. The zero-order valence-corrected chi connectivity index (χ0v) is 18.7. The Labute approximate surface area is 168 Å². The first-order valence-corrected chi connectivity index (χ1v) is 10.4. The van der Waals surface area contributed by atoms with Gasteiger partial charge in [-0.05, 0) is 69.2 Å². The van der Waals surface area contributed by atoms with Crippen molar-refractivity contribution in [1.29, 1.82) is 0 Å². The summed E-state index contributed by atoms with van der Waals surface area (Å²) in [4.78, 5) is 2.59. The fourth-order valence-corrected chi connectivity index (χ4v) is 2.73. The fourth-order valence-electron chi connectivity index (χ4n) is 2.73. The predicted molar refractivity (Wildman–Crippen MR) is 120 cm³/mol. The topological polar surface area (TPSA) is 47.7 Å². The summed E-state index contributed by atoms with van der Waals surface area (Å²) in [5, 5.41) is 0. The molecule has 0 aliphatic carbocycles. The molecule has 0 aromatic heterocycles. The summed E-state index contributed by atoms with van der Waals surface area (Å²) in [5.41, 5.74) is 5.94. The Balaban J connectivity index is 0. The molecule has 0 atom stereocenters. The van der Waals surface area contributed by atoms with Crippen molar-refractivity contribution in [2.24, 2.45) is 5.73 Å². The summed E-state index contributed by atoms with van der Waals surface area (Å²) in [6, 6.07) is 6.22. The predicted octanol–water partition coefficient (Wildman–Crippen LogP) is 5.65. The van der Waals surface area contributed by atoms with E-state index in [1.807, 2.05) is 19.9 Å². The van der Waals surface area contributed by atoms with Gasteiger partial charge in [-0.15, -0.1) is 0 Å². The zero-order chi connectivity index (χ0) is 20.9. The molecule has 1 aliphatic heterocycles. The normalized spacial score (nSPS) is 12.8. The Hall–Kier alpha value is -1.68. The minimum absolute atomic E-state index is 0.808. The molecule has 4 nitrogen and oxygen atoms in total. The maximum Gasteiger partial charge on any atom is 0.160 e. The summed E-state index contributed by atoms with van der Waals surface area (Å²) in [5.74, 6) is 1.64. The van der Waals surface area contributed by atoms with Gasteiger partial charge in [0, 0.05) is 0 Å². The molecule has 27 heavy (non-hydrogen) atoms. The van der Waals surface area contributed by atoms with Gasteiger partial charge in [-0.2, -0.15) is 0 Å². The number of methoxy groups -OCH3 is 2. The van der Waals surface area contributed by atoms with Crippen LogP contribution < -0.4 is 15.2 Å². The van der Waals surface area contributed by atoms with Gasteiger partial charge in [0.1, 0.15) is 0 Å². The van der Waals surface area contributed by atoms with Crippen molar-refractivity contribution in [1.82, 2.24) is 4.90 Å². The highest BCUT2D eigenvalue weighted by molar-refractivity contribution is 5.42. The minimum Gasteiger partial charge on any atom is -0.493 e. The highest BCUT2D eigenvalue weighted by atomic mass is 16.5. The minimum atomic E-state index is 0.808. The first kappa shape index (κ1) is 27.5. The lowest BCUT2D eigenvalue weighted by Crippen LogP contribution is -2.30. The monoisotopic (exact) mass is 380 g/mol. The lowest BCUT2D eigenvalue weighted by Gasteiger charge is -2.26. The third-order valence-corrected chi connectivity index (χ3v) is 3.84. The van der Waals surface area contributed by atoms with Crippen LogP contribution >= 0.6 is 0 Å². The number of rotatable bonds is 6. The number of nitrogens with zero attached hydrogens (tertiary/aromatic N) is 1. The van der Waals surface area contributed by atoms with Gasteiger partial charge in [-0.3, -0.25) is 0 Å². The molecule has 0 saturated carbocycles. The van der Waals surface area contributed by atoms with E-state index in [0.717, 1.165) is 17.9 Å². The molecule has 1 aromatic carbocycles. The summed E-state index contributed by atoms with van der Waals surface area (Å²) in [6.45, 7) is 15.2. The smallest absolute Gasteiger partial charge is 0.160 e. The standard InChI is InChI=1S/C16H25NO2.C3H8.C2H5N.C2H6/c1-18-15-9-8-14(13-16(15)19-2)7-6-12-17-10-4-3-5-11-17;1-3-2;1-2-3;1-2/h8-9,13H,3-7,10-12H2,1-2H3;3H2,1-2H3;2H,1,3H2;1-2H3. The fraction of sp³-hybridized carbons (Fsp3) is 0.652. The lowest BCUT2D eigenvalue weighted by atomic mass is 10.1. The highest BCUT2D eigenvalue weighted by Gasteiger charge is 2.10. The van der Waals surface area contributed by atoms with E-state index in [2.05, 4.69) is 43.2 Å². The number of hydrogen-bond acceptors (Lipinski definition) is 4. The SMILES string of the molecule is C=CN.CC.CCC.COc1ccc(CCCN2CCCCC2)cc1OC. The van der Waals surface area contributed by atoms with E-state index < -0.39 is 0 Å². The maximum absolute atomic E-state index is 5.34. The van der Waals surface area contributed by atoms with Crippen molar-refractivity contribution in [3.63, 3.8) is 0 Å². The third-order valence-electron chi connectivity index (χ3n) is 3.84. The van der Waals surface area contributed by atoms with E-state index in [0.29, 0.717) is 0 Å². The molecule has 1 fully saturated rings. The van der Waals surface area contributed by atoms with Crippen LogP contribution in [0.1, 0.15) is 65.4 Å². The molecule has 4 heteroatoms. The van der Waals surface area contributed by atoms with Crippen LogP contribution in [0.2, 0.25) is 0 Å². The number of piperidine rings is 1. The number of ether oxygens (including phenoxy) is 2. The molecule has 2 rings (SSSR count). The molecule has 0 amide bonds. The second kappa shape index (κ2) is 20.6. The summed E-state index contributed by atoms with van der Waals surface area (Å²) < 4.78 is 10.6. The molecule has 0 bridgehead atoms. The molecule has 0 radical (unpaired) electrons. The zero-order valence-electron chi connectivity index (χ0n) is 18.7. The van der Waals surface area contributed by atoms with Crippen LogP contribution in [-0.4, -0.2) is 38.8 Å². The Kier molecular flexibility index (Phi) is 21.0. The Morgan fingerprint density at radius 2 is 1.56 bits per heavy atom. The Morgan fingerprint density at radius 3 is 2.04 bits per heavy atom. The molecule has 1 aromatic rings. The summed E-state index contributed by atoms with van der Waals surface area (Å²) in [7, 11) is 3.36. The molecule has 1 saturated heterocycles. The van der Waals surface area contributed by atoms with Crippen LogP contribution in [0, 0.1) is 0 Å². The molecular weight excluding hydrogens is 336 g/mol. The van der Waals surface area contributed by atoms with Crippen LogP contribution in [-0.2, 0) is 6.42 Å². The quantitative estimate of drug-likeness (QED) is 0.692.